The smallest absolute Gasteiger partial charge is 0.211 e. The minimum absolute atomic E-state index is 0.0671. The van der Waals surface area contributed by atoms with Gasteiger partial charge in [0.25, 0.3) is 0 Å². The largest absolute Gasteiger partial charge is 0.240 e. The van der Waals surface area contributed by atoms with Crippen LogP contribution in [0.2, 0.25) is 0 Å². The summed E-state index contributed by atoms with van der Waals surface area (Å²) in [5, 5.41) is 0. The maximum atomic E-state index is 10.9. The molecule has 2 aromatic rings. The highest BCUT2D eigenvalue weighted by molar-refractivity contribution is 5.67. The van der Waals surface area contributed by atoms with Crippen molar-refractivity contribution < 1.29 is 9.59 Å². The molecule has 0 amide bonds. The van der Waals surface area contributed by atoms with Gasteiger partial charge < -0.3 is 0 Å². The van der Waals surface area contributed by atoms with E-state index >= 15 is 0 Å². The standard InChI is InChI=1S/C20H20N2O2/c1-4-15-8-6-7-9-18(15)14(3)20-16(5-2)10-17(21-12-23)11-19(20)22-13-24/h6-11,14H,4-5H2,1-3H3. The minimum Gasteiger partial charge on any atom is -0.211 e. The van der Waals surface area contributed by atoms with E-state index in [1.54, 1.807) is 12.1 Å². The summed E-state index contributed by atoms with van der Waals surface area (Å²) in [4.78, 5) is 29.0. The van der Waals surface area contributed by atoms with E-state index in [9.17, 15) is 9.59 Å². The second kappa shape index (κ2) is 8.16. The first-order valence-corrected chi connectivity index (χ1v) is 8.06. The van der Waals surface area contributed by atoms with Crippen LogP contribution in [0.15, 0.2) is 46.4 Å². The van der Waals surface area contributed by atoms with Gasteiger partial charge in [-0.05, 0) is 47.2 Å². The van der Waals surface area contributed by atoms with E-state index in [0.717, 1.165) is 24.0 Å². The van der Waals surface area contributed by atoms with Crippen LogP contribution in [0, 0.1) is 0 Å². The maximum Gasteiger partial charge on any atom is 0.240 e. The van der Waals surface area contributed by atoms with Gasteiger partial charge in [-0.15, -0.1) is 0 Å². The highest BCUT2D eigenvalue weighted by Gasteiger charge is 2.19. The molecule has 0 fully saturated rings. The first kappa shape index (κ1) is 17.6. The summed E-state index contributed by atoms with van der Waals surface area (Å²) in [6.45, 7) is 6.26. The van der Waals surface area contributed by atoms with E-state index in [2.05, 4.69) is 36.0 Å². The summed E-state index contributed by atoms with van der Waals surface area (Å²) in [5.41, 5.74) is 5.43. The van der Waals surface area contributed by atoms with Crippen LogP contribution in [-0.4, -0.2) is 12.2 Å². The molecule has 4 nitrogen and oxygen atoms in total. The predicted octanol–water partition coefficient (Wildman–Crippen LogP) is 4.90. The fraction of sp³-hybridized carbons (Fsp3) is 0.300. The van der Waals surface area contributed by atoms with Crippen molar-refractivity contribution in [3.63, 3.8) is 0 Å². The highest BCUT2D eigenvalue weighted by atomic mass is 16.1. The van der Waals surface area contributed by atoms with Gasteiger partial charge in [0.05, 0.1) is 11.4 Å². The molecule has 4 heteroatoms. The molecule has 0 N–H and O–H groups in total. The van der Waals surface area contributed by atoms with Crippen LogP contribution in [0.5, 0.6) is 0 Å². The third-order valence-electron chi connectivity index (χ3n) is 4.29. The average Bonchev–Trinajstić information content (AvgIpc) is 2.61. The van der Waals surface area contributed by atoms with Crippen LogP contribution in [-0.2, 0) is 22.4 Å². The number of aryl methyl sites for hydroxylation is 2. The molecule has 1 unspecified atom stereocenters. The van der Waals surface area contributed by atoms with Gasteiger partial charge in [-0.2, -0.15) is 9.98 Å². The van der Waals surface area contributed by atoms with E-state index in [1.165, 1.54) is 17.2 Å². The molecule has 1 atom stereocenters. The summed E-state index contributed by atoms with van der Waals surface area (Å²) in [6, 6.07) is 11.8. The van der Waals surface area contributed by atoms with Crippen LogP contribution < -0.4 is 0 Å². The number of hydrogen-bond donors (Lipinski definition) is 0. The van der Waals surface area contributed by atoms with E-state index in [0.29, 0.717) is 11.4 Å². The van der Waals surface area contributed by atoms with Crippen molar-refractivity contribution in [2.45, 2.75) is 39.5 Å². The Bertz CT molecular complexity index is 830. The number of nitrogens with zero attached hydrogens (tertiary/aromatic N) is 2. The van der Waals surface area contributed by atoms with Gasteiger partial charge in [0, 0.05) is 5.92 Å². The van der Waals surface area contributed by atoms with Crippen molar-refractivity contribution in [2.75, 3.05) is 0 Å². The van der Waals surface area contributed by atoms with E-state index < -0.39 is 0 Å². The molecule has 122 valence electrons. The second-order valence-electron chi connectivity index (χ2n) is 5.57. The molecule has 0 aromatic heterocycles. The average molecular weight is 320 g/mol. The molecular formula is C20H20N2O2. The fourth-order valence-electron chi connectivity index (χ4n) is 3.17. The highest BCUT2D eigenvalue weighted by Crippen LogP contribution is 2.39. The lowest BCUT2D eigenvalue weighted by Gasteiger charge is -2.21. The summed E-state index contributed by atoms with van der Waals surface area (Å²) in [5.74, 6) is 0.0671. The fourth-order valence-corrected chi connectivity index (χ4v) is 3.17. The quantitative estimate of drug-likeness (QED) is 0.561. The normalized spacial score (nSPS) is 11.3. The Labute approximate surface area is 142 Å². The first-order valence-electron chi connectivity index (χ1n) is 8.06. The van der Waals surface area contributed by atoms with Gasteiger partial charge >= 0.3 is 0 Å². The minimum atomic E-state index is 0.0671. The molecule has 0 heterocycles. The third-order valence-corrected chi connectivity index (χ3v) is 4.29. The summed E-state index contributed by atoms with van der Waals surface area (Å²) in [6.07, 6.45) is 4.83. The van der Waals surface area contributed by atoms with Gasteiger partial charge in [0.1, 0.15) is 0 Å². The predicted molar refractivity (Wildman–Crippen MR) is 94.7 cm³/mol. The molecule has 0 spiro atoms. The van der Waals surface area contributed by atoms with Gasteiger partial charge in [0.15, 0.2) is 0 Å². The molecule has 24 heavy (non-hydrogen) atoms. The SMILES string of the molecule is CCc1ccccc1C(C)c1c(CC)cc(N=C=O)cc1N=C=O. The monoisotopic (exact) mass is 320 g/mol. The van der Waals surface area contributed by atoms with Crippen molar-refractivity contribution in [1.82, 2.24) is 0 Å². The summed E-state index contributed by atoms with van der Waals surface area (Å²) in [7, 11) is 0. The van der Waals surface area contributed by atoms with Gasteiger partial charge in [-0.25, -0.2) is 9.59 Å². The molecule has 2 rings (SSSR count). The number of carbonyl (C=O) groups excluding carboxylic acids is 2. The van der Waals surface area contributed by atoms with Crippen molar-refractivity contribution in [3.8, 4) is 0 Å². The van der Waals surface area contributed by atoms with Crippen molar-refractivity contribution >= 4 is 23.5 Å². The molecule has 0 bridgehead atoms. The van der Waals surface area contributed by atoms with Crippen LogP contribution >= 0.6 is 0 Å². The van der Waals surface area contributed by atoms with E-state index in [-0.39, 0.29) is 5.92 Å². The Morgan fingerprint density at radius 2 is 1.62 bits per heavy atom. The molecule has 0 aliphatic heterocycles. The number of rotatable bonds is 6. The van der Waals surface area contributed by atoms with Gasteiger partial charge in [-0.1, -0.05) is 45.0 Å². The zero-order valence-corrected chi connectivity index (χ0v) is 14.2. The Morgan fingerprint density at radius 1 is 0.958 bits per heavy atom. The molecule has 0 saturated heterocycles. The number of benzene rings is 2. The molecule has 0 aliphatic rings. The van der Waals surface area contributed by atoms with Crippen LogP contribution in [0.1, 0.15) is 48.9 Å². The van der Waals surface area contributed by atoms with E-state index in [1.807, 2.05) is 25.1 Å². The lowest BCUT2D eigenvalue weighted by molar-refractivity contribution is 0.564. The summed E-state index contributed by atoms with van der Waals surface area (Å²) >= 11 is 0. The molecule has 2 aromatic carbocycles. The Balaban J connectivity index is 2.71. The van der Waals surface area contributed by atoms with Gasteiger partial charge in [0.2, 0.25) is 12.2 Å². The zero-order valence-electron chi connectivity index (χ0n) is 14.2. The molecule has 0 aliphatic carbocycles. The summed E-state index contributed by atoms with van der Waals surface area (Å²) < 4.78 is 0. The van der Waals surface area contributed by atoms with Crippen molar-refractivity contribution in [1.29, 1.82) is 0 Å². The topological polar surface area (TPSA) is 58.9 Å². The van der Waals surface area contributed by atoms with E-state index in [4.69, 9.17) is 0 Å². The van der Waals surface area contributed by atoms with Crippen molar-refractivity contribution in [3.05, 3.63) is 58.7 Å². The third kappa shape index (κ3) is 3.57. The molecular weight excluding hydrogens is 300 g/mol. The van der Waals surface area contributed by atoms with Gasteiger partial charge in [-0.3, -0.25) is 0 Å². The maximum absolute atomic E-state index is 10.9. The Hall–Kier alpha value is -2.80. The van der Waals surface area contributed by atoms with Crippen LogP contribution in [0.4, 0.5) is 11.4 Å². The first-order chi connectivity index (χ1) is 11.7. The molecule has 0 radical (unpaired) electrons. The number of hydrogen-bond acceptors (Lipinski definition) is 4. The Kier molecular flexibility index (Phi) is 5.97. The number of isocyanates is 2. The number of aliphatic imine (C=N–C) groups is 2. The zero-order chi connectivity index (χ0) is 17.5. The van der Waals surface area contributed by atoms with Crippen LogP contribution in [0.25, 0.3) is 0 Å². The van der Waals surface area contributed by atoms with Crippen LogP contribution in [0.3, 0.4) is 0 Å². The molecule has 0 saturated carbocycles. The Morgan fingerprint density at radius 3 is 2.25 bits per heavy atom. The lowest BCUT2D eigenvalue weighted by Crippen LogP contribution is -2.04. The second-order valence-corrected chi connectivity index (χ2v) is 5.57. The lowest BCUT2D eigenvalue weighted by atomic mass is 9.84. The van der Waals surface area contributed by atoms with Crippen molar-refractivity contribution in [2.24, 2.45) is 9.98 Å².